The molecule has 0 aliphatic rings. The Morgan fingerprint density at radius 1 is 1.47 bits per heavy atom. The zero-order chi connectivity index (χ0) is 14.6. The van der Waals surface area contributed by atoms with Gasteiger partial charge in [0.2, 0.25) is 10.0 Å². The highest BCUT2D eigenvalue weighted by atomic mass is 32.2. The topological polar surface area (TPSA) is 81.4 Å². The Morgan fingerprint density at radius 2 is 2.11 bits per heavy atom. The van der Waals surface area contributed by atoms with Gasteiger partial charge in [-0.05, 0) is 31.0 Å². The van der Waals surface area contributed by atoms with Gasteiger partial charge in [-0.25, -0.2) is 17.5 Å². The summed E-state index contributed by atoms with van der Waals surface area (Å²) in [6, 6.07) is 1.91. The summed E-state index contributed by atoms with van der Waals surface area (Å²) in [6.45, 7) is 3.64. The van der Waals surface area contributed by atoms with Crippen molar-refractivity contribution >= 4 is 15.7 Å². The fraction of sp³-hybridized carbons (Fsp3) is 0.500. The average Bonchev–Trinajstić information content (AvgIpc) is 2.32. The summed E-state index contributed by atoms with van der Waals surface area (Å²) in [5, 5.41) is 0. The molecule has 0 aliphatic carbocycles. The monoisotopic (exact) mass is 290 g/mol. The maximum Gasteiger partial charge on any atom is 0.241 e. The molecule has 0 bridgehead atoms. The lowest BCUT2D eigenvalue weighted by Crippen LogP contribution is -2.37. The first-order valence-corrected chi connectivity index (χ1v) is 7.37. The largest absolute Gasteiger partial charge is 0.396 e. The average molecular weight is 290 g/mol. The fourth-order valence-corrected chi connectivity index (χ4v) is 3.24. The molecule has 1 aromatic rings. The van der Waals surface area contributed by atoms with Crippen LogP contribution in [-0.4, -0.2) is 28.2 Å². The number of methoxy groups -OCH3 is 1. The number of ether oxygens (including phenoxy) is 1. The maximum atomic E-state index is 13.2. The predicted octanol–water partition coefficient (Wildman–Crippen LogP) is 1.42. The molecule has 1 rings (SSSR count). The van der Waals surface area contributed by atoms with E-state index in [-0.39, 0.29) is 23.2 Å². The number of nitrogens with two attached hydrogens (primary N) is 1. The molecule has 0 heterocycles. The summed E-state index contributed by atoms with van der Waals surface area (Å²) >= 11 is 0. The molecular weight excluding hydrogens is 271 g/mol. The van der Waals surface area contributed by atoms with Gasteiger partial charge in [-0.1, -0.05) is 6.92 Å². The quantitative estimate of drug-likeness (QED) is 0.776. The minimum absolute atomic E-state index is 0.0130. The first-order valence-electron chi connectivity index (χ1n) is 5.88. The molecule has 1 aromatic carbocycles. The van der Waals surface area contributed by atoms with Crippen LogP contribution in [0.3, 0.4) is 0 Å². The Bertz CT molecular complexity index is 546. The Morgan fingerprint density at radius 3 is 2.63 bits per heavy atom. The lowest BCUT2D eigenvalue weighted by atomic mass is 10.2. The van der Waals surface area contributed by atoms with Crippen molar-refractivity contribution in [2.45, 2.75) is 31.2 Å². The number of aryl methyl sites for hydroxylation is 1. The van der Waals surface area contributed by atoms with Crippen molar-refractivity contribution in [2.75, 3.05) is 19.5 Å². The van der Waals surface area contributed by atoms with E-state index in [0.717, 1.165) is 12.1 Å². The summed E-state index contributed by atoms with van der Waals surface area (Å²) in [5.74, 6) is -0.625. The molecule has 1 atom stereocenters. The Balaban J connectivity index is 3.10. The van der Waals surface area contributed by atoms with Crippen LogP contribution in [0.2, 0.25) is 0 Å². The van der Waals surface area contributed by atoms with Gasteiger partial charge >= 0.3 is 0 Å². The van der Waals surface area contributed by atoms with Crippen molar-refractivity contribution in [3.63, 3.8) is 0 Å². The second-order valence-electron chi connectivity index (χ2n) is 4.32. The molecule has 1 unspecified atom stereocenters. The van der Waals surface area contributed by atoms with Gasteiger partial charge in [0, 0.05) is 13.2 Å². The van der Waals surface area contributed by atoms with Crippen molar-refractivity contribution in [2.24, 2.45) is 0 Å². The summed E-state index contributed by atoms with van der Waals surface area (Å²) in [5.41, 5.74) is 5.54. The number of sulfonamides is 1. The molecule has 0 amide bonds. The number of benzene rings is 1. The number of nitrogen functional groups attached to an aromatic ring is 1. The van der Waals surface area contributed by atoms with E-state index in [1.54, 1.807) is 0 Å². The van der Waals surface area contributed by atoms with Gasteiger partial charge in [0.15, 0.2) is 0 Å². The number of anilines is 1. The van der Waals surface area contributed by atoms with Crippen molar-refractivity contribution in [3.8, 4) is 0 Å². The predicted molar refractivity (Wildman–Crippen MR) is 71.8 cm³/mol. The van der Waals surface area contributed by atoms with Gasteiger partial charge in [-0.2, -0.15) is 0 Å². The third-order valence-electron chi connectivity index (χ3n) is 2.77. The molecular formula is C12H19FN2O3S. The molecule has 7 heteroatoms. The molecule has 0 radical (unpaired) electrons. The number of halogens is 1. The van der Waals surface area contributed by atoms with Crippen LogP contribution >= 0.6 is 0 Å². The molecule has 5 nitrogen and oxygen atoms in total. The van der Waals surface area contributed by atoms with Gasteiger partial charge in [0.1, 0.15) is 5.82 Å². The minimum atomic E-state index is -3.74. The van der Waals surface area contributed by atoms with Crippen LogP contribution in [0.15, 0.2) is 17.0 Å². The molecule has 0 saturated carbocycles. The molecule has 3 N–H and O–H groups in total. The first kappa shape index (κ1) is 15.9. The number of rotatable bonds is 6. The molecule has 0 aliphatic heterocycles. The fourth-order valence-electron chi connectivity index (χ4n) is 1.68. The number of hydrogen-bond acceptors (Lipinski definition) is 4. The lowest BCUT2D eigenvalue weighted by Gasteiger charge is -2.17. The summed E-state index contributed by atoms with van der Waals surface area (Å²) < 4.78 is 45.1. The van der Waals surface area contributed by atoms with Gasteiger partial charge in [0.05, 0.1) is 17.2 Å². The standard InChI is InChI=1S/C12H19FN2O3S/c1-4-9(7-18-3)15-19(16,17)12-6-11(14)10(13)5-8(12)2/h5-6,9,15H,4,7,14H2,1-3H3. The normalized spacial score (nSPS) is 13.5. The van der Waals surface area contributed by atoms with Gasteiger partial charge < -0.3 is 10.5 Å². The van der Waals surface area contributed by atoms with E-state index in [1.165, 1.54) is 14.0 Å². The Kier molecular flexibility index (Phi) is 5.28. The second-order valence-corrected chi connectivity index (χ2v) is 6.00. The van der Waals surface area contributed by atoms with E-state index < -0.39 is 15.8 Å². The van der Waals surface area contributed by atoms with Crippen LogP contribution < -0.4 is 10.5 Å². The van der Waals surface area contributed by atoms with Crippen molar-refractivity contribution in [1.82, 2.24) is 4.72 Å². The number of nitrogens with one attached hydrogen (secondary N) is 1. The van der Waals surface area contributed by atoms with Crippen molar-refractivity contribution in [1.29, 1.82) is 0 Å². The third kappa shape index (κ3) is 3.89. The van der Waals surface area contributed by atoms with E-state index >= 15 is 0 Å². The van der Waals surface area contributed by atoms with Crippen LogP contribution in [0.4, 0.5) is 10.1 Å². The van der Waals surface area contributed by atoms with E-state index in [4.69, 9.17) is 10.5 Å². The van der Waals surface area contributed by atoms with Crippen LogP contribution in [-0.2, 0) is 14.8 Å². The minimum Gasteiger partial charge on any atom is -0.396 e. The molecule has 0 spiro atoms. The molecule has 108 valence electrons. The SMILES string of the molecule is CCC(COC)NS(=O)(=O)c1cc(N)c(F)cc1C. The van der Waals surface area contributed by atoms with Crippen LogP contribution in [0, 0.1) is 12.7 Å². The van der Waals surface area contributed by atoms with E-state index in [9.17, 15) is 12.8 Å². The third-order valence-corrected chi connectivity index (χ3v) is 4.43. The van der Waals surface area contributed by atoms with Crippen LogP contribution in [0.25, 0.3) is 0 Å². The zero-order valence-electron chi connectivity index (χ0n) is 11.2. The summed E-state index contributed by atoms with van der Waals surface area (Å²) in [4.78, 5) is -0.0130. The second kappa shape index (κ2) is 6.31. The molecule has 0 aromatic heterocycles. The maximum absolute atomic E-state index is 13.2. The van der Waals surface area contributed by atoms with Crippen LogP contribution in [0.5, 0.6) is 0 Å². The van der Waals surface area contributed by atoms with Crippen molar-refractivity contribution < 1.29 is 17.5 Å². The highest BCUT2D eigenvalue weighted by molar-refractivity contribution is 7.89. The molecule has 0 saturated heterocycles. The Hall–Kier alpha value is -1.18. The highest BCUT2D eigenvalue weighted by Crippen LogP contribution is 2.21. The van der Waals surface area contributed by atoms with E-state index in [0.29, 0.717) is 12.0 Å². The summed E-state index contributed by atoms with van der Waals surface area (Å²) in [7, 11) is -2.24. The number of hydrogen-bond donors (Lipinski definition) is 2. The van der Waals surface area contributed by atoms with Crippen LogP contribution in [0.1, 0.15) is 18.9 Å². The van der Waals surface area contributed by atoms with E-state index in [2.05, 4.69) is 4.72 Å². The first-order chi connectivity index (χ1) is 8.81. The molecule has 0 fully saturated rings. The Labute approximate surface area is 113 Å². The van der Waals surface area contributed by atoms with Gasteiger partial charge in [0.25, 0.3) is 0 Å². The van der Waals surface area contributed by atoms with Crippen molar-refractivity contribution in [3.05, 3.63) is 23.5 Å². The lowest BCUT2D eigenvalue weighted by molar-refractivity contribution is 0.173. The molecule has 19 heavy (non-hydrogen) atoms. The van der Waals surface area contributed by atoms with Gasteiger partial charge in [-0.3, -0.25) is 0 Å². The zero-order valence-corrected chi connectivity index (χ0v) is 12.1. The smallest absolute Gasteiger partial charge is 0.241 e. The summed E-state index contributed by atoms with van der Waals surface area (Å²) in [6.07, 6.45) is 0.586. The van der Waals surface area contributed by atoms with Gasteiger partial charge in [-0.15, -0.1) is 0 Å². The highest BCUT2D eigenvalue weighted by Gasteiger charge is 2.22. The van der Waals surface area contributed by atoms with E-state index in [1.807, 2.05) is 6.92 Å².